The summed E-state index contributed by atoms with van der Waals surface area (Å²) in [4.78, 5) is 0. The molecule has 1 rings (SSSR count). The molecule has 1 N–H and O–H groups in total. The number of rotatable bonds is 5. The van der Waals surface area contributed by atoms with Gasteiger partial charge >= 0.3 is 0 Å². The Balaban J connectivity index is 2.18. The molecule has 1 fully saturated rings. The van der Waals surface area contributed by atoms with Crippen molar-refractivity contribution in [2.45, 2.75) is 45.6 Å². The smallest absolute Gasteiger partial charge is 0.0804 e. The van der Waals surface area contributed by atoms with Crippen LogP contribution in [-0.2, 0) is 4.74 Å². The van der Waals surface area contributed by atoms with Gasteiger partial charge in [0.1, 0.15) is 0 Å². The molecule has 0 aliphatic heterocycles. The maximum absolute atomic E-state index is 9.82. The summed E-state index contributed by atoms with van der Waals surface area (Å²) in [7, 11) is 0. The molecule has 0 heterocycles. The Hall–Kier alpha value is -0.0800. The monoisotopic (exact) mass is 186 g/mol. The fraction of sp³-hybridized carbons (Fsp3) is 1.00. The zero-order valence-electron chi connectivity index (χ0n) is 8.83. The Bertz CT molecular complexity index is 136. The Morgan fingerprint density at radius 2 is 2.23 bits per heavy atom. The molecule has 1 saturated carbocycles. The van der Waals surface area contributed by atoms with E-state index in [1.807, 2.05) is 0 Å². The standard InChI is InChI=1S/C11H22O2/c1-3-7-13-8-11(12)10-6-4-5-9(10)2/h9-12H,3-8H2,1-2H3. The average molecular weight is 186 g/mol. The van der Waals surface area contributed by atoms with Gasteiger partial charge in [-0.05, 0) is 24.7 Å². The molecule has 13 heavy (non-hydrogen) atoms. The average Bonchev–Trinajstić information content (AvgIpc) is 2.52. The van der Waals surface area contributed by atoms with Crippen molar-refractivity contribution in [3.8, 4) is 0 Å². The van der Waals surface area contributed by atoms with Crippen LogP contribution in [0.1, 0.15) is 39.5 Å². The van der Waals surface area contributed by atoms with Crippen LogP contribution in [0.15, 0.2) is 0 Å². The second kappa shape index (κ2) is 5.61. The zero-order valence-corrected chi connectivity index (χ0v) is 8.83. The van der Waals surface area contributed by atoms with Crippen molar-refractivity contribution in [1.29, 1.82) is 0 Å². The van der Waals surface area contributed by atoms with E-state index in [-0.39, 0.29) is 6.10 Å². The molecule has 1 aliphatic rings. The molecule has 0 aromatic carbocycles. The van der Waals surface area contributed by atoms with Crippen molar-refractivity contribution in [1.82, 2.24) is 0 Å². The molecule has 3 unspecified atom stereocenters. The summed E-state index contributed by atoms with van der Waals surface area (Å²) in [6.07, 6.45) is 4.53. The number of aliphatic hydroxyl groups excluding tert-OH is 1. The van der Waals surface area contributed by atoms with Crippen LogP contribution in [0.4, 0.5) is 0 Å². The first kappa shape index (κ1) is 11.0. The number of hydrogen-bond donors (Lipinski definition) is 1. The molecule has 1 aliphatic carbocycles. The van der Waals surface area contributed by atoms with Crippen molar-refractivity contribution < 1.29 is 9.84 Å². The van der Waals surface area contributed by atoms with Gasteiger partial charge in [0.15, 0.2) is 0 Å². The predicted octanol–water partition coefficient (Wildman–Crippen LogP) is 2.21. The summed E-state index contributed by atoms with van der Waals surface area (Å²) in [6, 6.07) is 0. The normalized spacial score (nSPS) is 30.7. The summed E-state index contributed by atoms with van der Waals surface area (Å²) in [5, 5.41) is 9.82. The van der Waals surface area contributed by atoms with Gasteiger partial charge in [-0.15, -0.1) is 0 Å². The SMILES string of the molecule is CCCOCC(O)C1CCCC1C. The van der Waals surface area contributed by atoms with Crippen LogP contribution in [0.25, 0.3) is 0 Å². The van der Waals surface area contributed by atoms with E-state index >= 15 is 0 Å². The molecule has 0 aromatic heterocycles. The van der Waals surface area contributed by atoms with Crippen molar-refractivity contribution in [2.24, 2.45) is 11.8 Å². The second-order valence-corrected chi connectivity index (χ2v) is 4.21. The lowest BCUT2D eigenvalue weighted by Crippen LogP contribution is -2.27. The summed E-state index contributed by atoms with van der Waals surface area (Å²) in [5.74, 6) is 1.16. The van der Waals surface area contributed by atoms with Gasteiger partial charge in [-0.3, -0.25) is 0 Å². The maximum atomic E-state index is 9.82. The topological polar surface area (TPSA) is 29.5 Å². The van der Waals surface area contributed by atoms with E-state index in [2.05, 4.69) is 13.8 Å². The van der Waals surface area contributed by atoms with E-state index < -0.39 is 0 Å². The van der Waals surface area contributed by atoms with Crippen LogP contribution in [0.2, 0.25) is 0 Å². The van der Waals surface area contributed by atoms with Crippen LogP contribution >= 0.6 is 0 Å². The lowest BCUT2D eigenvalue weighted by Gasteiger charge is -2.21. The number of ether oxygens (including phenoxy) is 1. The number of aliphatic hydroxyl groups is 1. The third-order valence-electron chi connectivity index (χ3n) is 3.06. The van der Waals surface area contributed by atoms with Gasteiger partial charge in [0.25, 0.3) is 0 Å². The van der Waals surface area contributed by atoms with Crippen molar-refractivity contribution in [2.75, 3.05) is 13.2 Å². The van der Waals surface area contributed by atoms with E-state index in [0.717, 1.165) is 13.0 Å². The predicted molar refractivity (Wildman–Crippen MR) is 53.6 cm³/mol. The third-order valence-corrected chi connectivity index (χ3v) is 3.06. The van der Waals surface area contributed by atoms with Gasteiger partial charge in [0.2, 0.25) is 0 Å². The Morgan fingerprint density at radius 3 is 2.77 bits per heavy atom. The van der Waals surface area contributed by atoms with Crippen molar-refractivity contribution >= 4 is 0 Å². The Labute approximate surface area is 81.3 Å². The molecule has 0 radical (unpaired) electrons. The molecule has 0 amide bonds. The van der Waals surface area contributed by atoms with Crippen LogP contribution in [0.5, 0.6) is 0 Å². The highest BCUT2D eigenvalue weighted by molar-refractivity contribution is 4.79. The van der Waals surface area contributed by atoms with Gasteiger partial charge in [-0.25, -0.2) is 0 Å². The maximum Gasteiger partial charge on any atom is 0.0804 e. The molecule has 0 aromatic rings. The first-order chi connectivity index (χ1) is 6.25. The van der Waals surface area contributed by atoms with Crippen LogP contribution in [0, 0.1) is 11.8 Å². The summed E-state index contributed by atoms with van der Waals surface area (Å²) in [5.41, 5.74) is 0. The van der Waals surface area contributed by atoms with Crippen LogP contribution < -0.4 is 0 Å². The van der Waals surface area contributed by atoms with Crippen LogP contribution in [0.3, 0.4) is 0 Å². The van der Waals surface area contributed by atoms with Gasteiger partial charge < -0.3 is 9.84 Å². The molecule has 2 nitrogen and oxygen atoms in total. The summed E-state index contributed by atoms with van der Waals surface area (Å²) >= 11 is 0. The highest BCUT2D eigenvalue weighted by Crippen LogP contribution is 2.33. The molecule has 2 heteroatoms. The summed E-state index contributed by atoms with van der Waals surface area (Å²) in [6.45, 7) is 5.63. The molecular formula is C11H22O2. The largest absolute Gasteiger partial charge is 0.390 e. The minimum absolute atomic E-state index is 0.232. The van der Waals surface area contributed by atoms with Crippen molar-refractivity contribution in [3.05, 3.63) is 0 Å². The van der Waals surface area contributed by atoms with E-state index in [0.29, 0.717) is 18.4 Å². The molecule has 0 spiro atoms. The molecular weight excluding hydrogens is 164 g/mol. The van der Waals surface area contributed by atoms with Crippen molar-refractivity contribution in [3.63, 3.8) is 0 Å². The lowest BCUT2D eigenvalue weighted by atomic mass is 9.93. The minimum Gasteiger partial charge on any atom is -0.390 e. The zero-order chi connectivity index (χ0) is 9.68. The second-order valence-electron chi connectivity index (χ2n) is 4.21. The Morgan fingerprint density at radius 1 is 1.46 bits per heavy atom. The van der Waals surface area contributed by atoms with E-state index in [9.17, 15) is 5.11 Å². The first-order valence-corrected chi connectivity index (χ1v) is 5.51. The number of hydrogen-bond acceptors (Lipinski definition) is 2. The first-order valence-electron chi connectivity index (χ1n) is 5.51. The molecule has 78 valence electrons. The fourth-order valence-electron chi connectivity index (χ4n) is 2.22. The van der Waals surface area contributed by atoms with Gasteiger partial charge in [0.05, 0.1) is 12.7 Å². The van der Waals surface area contributed by atoms with Gasteiger partial charge in [0, 0.05) is 6.61 Å². The highest BCUT2D eigenvalue weighted by Gasteiger charge is 2.29. The highest BCUT2D eigenvalue weighted by atomic mass is 16.5. The summed E-state index contributed by atoms with van der Waals surface area (Å²) < 4.78 is 5.36. The fourth-order valence-corrected chi connectivity index (χ4v) is 2.22. The Kier molecular flexibility index (Phi) is 4.74. The van der Waals surface area contributed by atoms with E-state index in [1.165, 1.54) is 19.3 Å². The van der Waals surface area contributed by atoms with Gasteiger partial charge in [-0.1, -0.05) is 26.7 Å². The third kappa shape index (κ3) is 3.28. The minimum atomic E-state index is -0.232. The molecule has 3 atom stereocenters. The molecule has 0 saturated heterocycles. The quantitative estimate of drug-likeness (QED) is 0.667. The van der Waals surface area contributed by atoms with E-state index in [1.54, 1.807) is 0 Å². The molecule has 0 bridgehead atoms. The van der Waals surface area contributed by atoms with E-state index in [4.69, 9.17) is 4.74 Å². The van der Waals surface area contributed by atoms with Crippen LogP contribution in [-0.4, -0.2) is 24.4 Å². The van der Waals surface area contributed by atoms with Gasteiger partial charge in [-0.2, -0.15) is 0 Å². The lowest BCUT2D eigenvalue weighted by molar-refractivity contribution is -0.00315.